The number of hydrogen-bond acceptors (Lipinski definition) is 4. The first-order valence-electron chi connectivity index (χ1n) is 7.34. The lowest BCUT2D eigenvalue weighted by Crippen LogP contribution is -2.22. The van der Waals surface area contributed by atoms with Crippen molar-refractivity contribution in [1.82, 2.24) is 0 Å². The Morgan fingerprint density at radius 1 is 1.09 bits per heavy atom. The molecule has 0 bridgehead atoms. The van der Waals surface area contributed by atoms with E-state index < -0.39 is 5.63 Å². The van der Waals surface area contributed by atoms with Gasteiger partial charge in [-0.15, -0.1) is 0 Å². The summed E-state index contributed by atoms with van der Waals surface area (Å²) in [4.78, 5) is 14.0. The summed E-state index contributed by atoms with van der Waals surface area (Å²) >= 11 is 0. The molecule has 0 saturated carbocycles. The standard InChI is InChI=1S/C18H16N2O2/c1-3-20(4-2)16-10-17-15(9-12(11-19)18(21)22-17)13-7-5-6-8-14(13)16/h5-10H,3-4H2,1-2H3. The molecule has 0 aliphatic rings. The van der Waals surface area contributed by atoms with Gasteiger partial charge < -0.3 is 9.32 Å². The lowest BCUT2D eigenvalue weighted by Gasteiger charge is -2.23. The average Bonchev–Trinajstić information content (AvgIpc) is 2.55. The molecule has 3 aromatic rings. The van der Waals surface area contributed by atoms with Crippen LogP contribution in [0.3, 0.4) is 0 Å². The zero-order valence-electron chi connectivity index (χ0n) is 12.6. The van der Waals surface area contributed by atoms with Gasteiger partial charge in [-0.3, -0.25) is 0 Å². The molecule has 0 unspecified atom stereocenters. The van der Waals surface area contributed by atoms with Crippen molar-refractivity contribution in [3.63, 3.8) is 0 Å². The quantitative estimate of drug-likeness (QED) is 0.546. The summed E-state index contributed by atoms with van der Waals surface area (Å²) < 4.78 is 5.37. The summed E-state index contributed by atoms with van der Waals surface area (Å²) in [6, 6.07) is 13.4. The van der Waals surface area contributed by atoms with Crippen molar-refractivity contribution >= 4 is 27.4 Å². The van der Waals surface area contributed by atoms with Crippen LogP contribution in [0.1, 0.15) is 19.4 Å². The Bertz CT molecular complexity index is 947. The Hall–Kier alpha value is -2.80. The van der Waals surface area contributed by atoms with E-state index in [1.165, 1.54) is 0 Å². The van der Waals surface area contributed by atoms with Crippen molar-refractivity contribution in [1.29, 1.82) is 5.26 Å². The van der Waals surface area contributed by atoms with Crippen LogP contribution in [0.5, 0.6) is 0 Å². The lowest BCUT2D eigenvalue weighted by molar-refractivity contribution is 0.559. The predicted molar refractivity (Wildman–Crippen MR) is 88.3 cm³/mol. The highest BCUT2D eigenvalue weighted by Gasteiger charge is 2.14. The molecule has 2 aromatic carbocycles. The Morgan fingerprint density at radius 2 is 1.77 bits per heavy atom. The van der Waals surface area contributed by atoms with E-state index in [1.807, 2.05) is 30.3 Å². The molecule has 0 aliphatic heterocycles. The maximum atomic E-state index is 11.8. The highest BCUT2D eigenvalue weighted by atomic mass is 16.4. The Labute approximate surface area is 128 Å². The van der Waals surface area contributed by atoms with Gasteiger partial charge in [-0.25, -0.2) is 4.79 Å². The van der Waals surface area contributed by atoms with Gasteiger partial charge in [0.1, 0.15) is 17.2 Å². The van der Waals surface area contributed by atoms with Crippen LogP contribution in [0.15, 0.2) is 45.6 Å². The third-order valence-corrected chi connectivity index (χ3v) is 3.96. The third-order valence-electron chi connectivity index (χ3n) is 3.96. The van der Waals surface area contributed by atoms with Crippen molar-refractivity contribution < 1.29 is 4.42 Å². The van der Waals surface area contributed by atoms with Gasteiger partial charge in [0.15, 0.2) is 0 Å². The molecule has 4 nitrogen and oxygen atoms in total. The number of benzene rings is 2. The number of anilines is 1. The Morgan fingerprint density at radius 3 is 2.41 bits per heavy atom. The van der Waals surface area contributed by atoms with Crippen molar-refractivity contribution in [3.8, 4) is 6.07 Å². The molecule has 3 rings (SSSR count). The molecular weight excluding hydrogens is 276 g/mol. The second-order valence-corrected chi connectivity index (χ2v) is 5.08. The minimum atomic E-state index is -0.587. The fraction of sp³-hybridized carbons (Fsp3) is 0.222. The van der Waals surface area contributed by atoms with Gasteiger partial charge in [-0.2, -0.15) is 5.26 Å². The number of fused-ring (bicyclic) bond motifs is 3. The zero-order valence-corrected chi connectivity index (χ0v) is 12.6. The highest BCUT2D eigenvalue weighted by molar-refractivity contribution is 6.11. The smallest absolute Gasteiger partial charge is 0.354 e. The molecule has 0 fully saturated rings. The largest absolute Gasteiger partial charge is 0.422 e. The summed E-state index contributed by atoms with van der Waals surface area (Å²) in [5, 5.41) is 11.9. The predicted octanol–water partition coefficient (Wildman–Crippen LogP) is 3.66. The van der Waals surface area contributed by atoms with Crippen molar-refractivity contribution in [2.45, 2.75) is 13.8 Å². The van der Waals surface area contributed by atoms with E-state index in [4.69, 9.17) is 9.68 Å². The highest BCUT2D eigenvalue weighted by Crippen LogP contribution is 2.33. The van der Waals surface area contributed by atoms with Gasteiger partial charge in [0.25, 0.3) is 0 Å². The molecule has 0 spiro atoms. The van der Waals surface area contributed by atoms with E-state index in [-0.39, 0.29) is 5.56 Å². The summed E-state index contributed by atoms with van der Waals surface area (Å²) in [6.45, 7) is 5.92. The van der Waals surface area contributed by atoms with Crippen LogP contribution in [-0.2, 0) is 0 Å². The molecular formula is C18H16N2O2. The molecule has 110 valence electrons. The fourth-order valence-electron chi connectivity index (χ4n) is 2.85. The minimum Gasteiger partial charge on any atom is -0.422 e. The summed E-state index contributed by atoms with van der Waals surface area (Å²) in [7, 11) is 0. The van der Waals surface area contributed by atoms with Crippen LogP contribution in [0.2, 0.25) is 0 Å². The molecule has 1 aromatic heterocycles. The van der Waals surface area contributed by atoms with Crippen LogP contribution >= 0.6 is 0 Å². The van der Waals surface area contributed by atoms with Crippen molar-refractivity contribution in [2.75, 3.05) is 18.0 Å². The Kier molecular flexibility index (Phi) is 3.56. The van der Waals surface area contributed by atoms with E-state index in [2.05, 4.69) is 24.8 Å². The Balaban J connectivity index is 2.48. The third kappa shape index (κ3) is 2.11. The molecule has 0 saturated heterocycles. The van der Waals surface area contributed by atoms with Gasteiger partial charge >= 0.3 is 5.63 Å². The van der Waals surface area contributed by atoms with E-state index in [0.717, 1.165) is 34.9 Å². The number of hydrogen-bond donors (Lipinski definition) is 0. The normalized spacial score (nSPS) is 10.8. The topological polar surface area (TPSA) is 57.2 Å². The molecule has 0 atom stereocenters. The van der Waals surface area contributed by atoms with Crippen LogP contribution in [0, 0.1) is 11.3 Å². The second kappa shape index (κ2) is 5.53. The number of rotatable bonds is 3. The maximum Gasteiger partial charge on any atom is 0.354 e. The van der Waals surface area contributed by atoms with Crippen molar-refractivity contribution in [2.24, 2.45) is 0 Å². The van der Waals surface area contributed by atoms with E-state index in [1.54, 1.807) is 6.07 Å². The molecule has 0 amide bonds. The maximum absolute atomic E-state index is 11.8. The molecule has 0 radical (unpaired) electrons. The van der Waals surface area contributed by atoms with Crippen molar-refractivity contribution in [3.05, 3.63) is 52.4 Å². The van der Waals surface area contributed by atoms with E-state index in [0.29, 0.717) is 5.58 Å². The minimum absolute atomic E-state index is 0.0354. The monoisotopic (exact) mass is 292 g/mol. The van der Waals surface area contributed by atoms with Gasteiger partial charge in [0, 0.05) is 35.6 Å². The lowest BCUT2D eigenvalue weighted by atomic mass is 10.0. The van der Waals surface area contributed by atoms with Gasteiger partial charge in [-0.1, -0.05) is 24.3 Å². The van der Waals surface area contributed by atoms with Gasteiger partial charge in [0.05, 0.1) is 0 Å². The first kappa shape index (κ1) is 14.2. The zero-order chi connectivity index (χ0) is 15.7. The van der Waals surface area contributed by atoms with Crippen LogP contribution < -0.4 is 10.5 Å². The molecule has 0 aliphatic carbocycles. The first-order chi connectivity index (χ1) is 10.7. The molecule has 1 heterocycles. The second-order valence-electron chi connectivity index (χ2n) is 5.08. The summed E-state index contributed by atoms with van der Waals surface area (Å²) in [5.74, 6) is 0. The molecule has 4 heteroatoms. The first-order valence-corrected chi connectivity index (χ1v) is 7.34. The number of nitrogens with zero attached hydrogens (tertiary/aromatic N) is 2. The molecule has 22 heavy (non-hydrogen) atoms. The van der Waals surface area contributed by atoms with Crippen LogP contribution in [0.25, 0.3) is 21.7 Å². The van der Waals surface area contributed by atoms with E-state index >= 15 is 0 Å². The van der Waals surface area contributed by atoms with Gasteiger partial charge in [-0.05, 0) is 25.3 Å². The summed E-state index contributed by atoms with van der Waals surface area (Å²) in [5.41, 5.74) is 1.01. The van der Waals surface area contributed by atoms with Crippen LogP contribution in [-0.4, -0.2) is 13.1 Å². The van der Waals surface area contributed by atoms with E-state index in [9.17, 15) is 4.79 Å². The fourth-order valence-corrected chi connectivity index (χ4v) is 2.85. The number of nitriles is 1. The summed E-state index contributed by atoms with van der Waals surface area (Å²) in [6.07, 6.45) is 0. The SMILES string of the molecule is CCN(CC)c1cc2oc(=O)c(C#N)cc2c2ccccc12. The molecule has 0 N–H and O–H groups in total. The van der Waals surface area contributed by atoms with Crippen LogP contribution in [0.4, 0.5) is 5.69 Å². The average molecular weight is 292 g/mol. The van der Waals surface area contributed by atoms with Gasteiger partial charge in [0.2, 0.25) is 0 Å².